The lowest BCUT2D eigenvalue weighted by molar-refractivity contribution is -0.129. The lowest BCUT2D eigenvalue weighted by atomic mass is 10.3. The van der Waals surface area contributed by atoms with Gasteiger partial charge in [-0.15, -0.1) is 11.3 Å². The van der Waals surface area contributed by atoms with Gasteiger partial charge in [0.1, 0.15) is 4.88 Å². The quantitative estimate of drug-likeness (QED) is 0.821. The minimum absolute atomic E-state index is 0.0118. The van der Waals surface area contributed by atoms with Crippen LogP contribution in [0.5, 0.6) is 0 Å². The van der Waals surface area contributed by atoms with E-state index in [-0.39, 0.29) is 18.4 Å². The second-order valence-corrected chi connectivity index (χ2v) is 4.37. The first kappa shape index (κ1) is 13.5. The Bertz CT molecular complexity index is 399. The number of amides is 2. The molecule has 0 aliphatic heterocycles. The summed E-state index contributed by atoms with van der Waals surface area (Å²) in [4.78, 5) is 25.4. The molecule has 17 heavy (non-hydrogen) atoms. The fourth-order valence-electron chi connectivity index (χ4n) is 1.43. The largest absolute Gasteiger partial charge is 0.397 e. The summed E-state index contributed by atoms with van der Waals surface area (Å²) in [5.74, 6) is -0.378. The maximum absolute atomic E-state index is 11.7. The third-order valence-corrected chi connectivity index (χ3v) is 3.35. The van der Waals surface area contributed by atoms with Gasteiger partial charge in [-0.05, 0) is 25.3 Å². The number of nitrogens with two attached hydrogens (primary N) is 1. The highest BCUT2D eigenvalue weighted by atomic mass is 32.1. The fourth-order valence-corrected chi connectivity index (χ4v) is 2.16. The second kappa shape index (κ2) is 6.24. The van der Waals surface area contributed by atoms with Crippen molar-refractivity contribution in [1.82, 2.24) is 10.2 Å². The maximum atomic E-state index is 11.7. The van der Waals surface area contributed by atoms with E-state index in [4.69, 9.17) is 5.73 Å². The highest BCUT2D eigenvalue weighted by Crippen LogP contribution is 2.18. The Kier molecular flexibility index (Phi) is 4.96. The van der Waals surface area contributed by atoms with Crippen molar-refractivity contribution in [3.05, 3.63) is 16.3 Å². The molecule has 0 unspecified atom stereocenters. The normalized spacial score (nSPS) is 10.0. The molecule has 1 aromatic rings. The molecular formula is C11H17N3O2S. The molecule has 0 spiro atoms. The molecule has 0 saturated heterocycles. The number of nitrogen functional groups attached to an aromatic ring is 1. The first-order valence-electron chi connectivity index (χ1n) is 5.49. The summed E-state index contributed by atoms with van der Waals surface area (Å²) in [6.45, 7) is 5.11. The number of hydrogen-bond donors (Lipinski definition) is 2. The summed E-state index contributed by atoms with van der Waals surface area (Å²) < 4.78 is 0. The van der Waals surface area contributed by atoms with Gasteiger partial charge >= 0.3 is 0 Å². The number of carbonyl (C=O) groups is 2. The van der Waals surface area contributed by atoms with Crippen LogP contribution in [0.25, 0.3) is 0 Å². The zero-order chi connectivity index (χ0) is 12.8. The number of rotatable bonds is 5. The molecule has 1 aromatic heterocycles. The molecule has 94 valence electrons. The Morgan fingerprint density at radius 3 is 2.53 bits per heavy atom. The Labute approximate surface area is 105 Å². The molecule has 0 aromatic carbocycles. The molecule has 0 aliphatic carbocycles. The monoisotopic (exact) mass is 255 g/mol. The minimum Gasteiger partial charge on any atom is -0.397 e. The van der Waals surface area contributed by atoms with E-state index in [2.05, 4.69) is 5.32 Å². The van der Waals surface area contributed by atoms with Crippen molar-refractivity contribution in [3.8, 4) is 0 Å². The number of nitrogens with one attached hydrogen (secondary N) is 1. The lowest BCUT2D eigenvalue weighted by Gasteiger charge is -2.18. The van der Waals surface area contributed by atoms with E-state index >= 15 is 0 Å². The van der Waals surface area contributed by atoms with E-state index in [1.165, 1.54) is 11.3 Å². The van der Waals surface area contributed by atoms with Gasteiger partial charge in [-0.3, -0.25) is 9.59 Å². The van der Waals surface area contributed by atoms with Gasteiger partial charge in [0, 0.05) is 13.1 Å². The van der Waals surface area contributed by atoms with Crippen molar-refractivity contribution in [2.24, 2.45) is 0 Å². The summed E-state index contributed by atoms with van der Waals surface area (Å²) in [7, 11) is 0. The highest BCUT2D eigenvalue weighted by molar-refractivity contribution is 7.12. The summed E-state index contributed by atoms with van der Waals surface area (Å²) in [5, 5.41) is 4.32. The molecule has 2 amide bonds. The van der Waals surface area contributed by atoms with E-state index in [0.29, 0.717) is 23.7 Å². The van der Waals surface area contributed by atoms with Gasteiger partial charge in [0.15, 0.2) is 0 Å². The topological polar surface area (TPSA) is 75.4 Å². The van der Waals surface area contributed by atoms with Crippen molar-refractivity contribution >= 4 is 28.8 Å². The number of anilines is 1. The van der Waals surface area contributed by atoms with Crippen molar-refractivity contribution in [1.29, 1.82) is 0 Å². The maximum Gasteiger partial charge on any atom is 0.263 e. The molecule has 0 fully saturated rings. The van der Waals surface area contributed by atoms with Gasteiger partial charge < -0.3 is 16.0 Å². The first-order chi connectivity index (χ1) is 8.10. The Morgan fingerprint density at radius 1 is 1.41 bits per heavy atom. The Balaban J connectivity index is 2.49. The van der Waals surface area contributed by atoms with Crippen molar-refractivity contribution < 1.29 is 9.59 Å². The molecule has 0 radical (unpaired) electrons. The average Bonchev–Trinajstić information content (AvgIpc) is 2.74. The van der Waals surface area contributed by atoms with E-state index in [0.717, 1.165) is 0 Å². The fraction of sp³-hybridized carbons (Fsp3) is 0.455. The highest BCUT2D eigenvalue weighted by Gasteiger charge is 2.14. The smallest absolute Gasteiger partial charge is 0.263 e. The molecule has 0 bridgehead atoms. The van der Waals surface area contributed by atoms with Crippen molar-refractivity contribution in [2.45, 2.75) is 13.8 Å². The van der Waals surface area contributed by atoms with Crippen LogP contribution in [-0.4, -0.2) is 36.3 Å². The molecule has 0 saturated carbocycles. The number of thiophene rings is 1. The van der Waals surface area contributed by atoms with Crippen LogP contribution in [0.1, 0.15) is 23.5 Å². The zero-order valence-electron chi connectivity index (χ0n) is 10.0. The summed E-state index contributed by atoms with van der Waals surface area (Å²) in [6.07, 6.45) is 0. The molecule has 5 nitrogen and oxygen atoms in total. The van der Waals surface area contributed by atoms with Crippen LogP contribution in [0.3, 0.4) is 0 Å². The summed E-state index contributed by atoms with van der Waals surface area (Å²) >= 11 is 1.27. The van der Waals surface area contributed by atoms with Crippen LogP contribution in [0.2, 0.25) is 0 Å². The number of carbonyl (C=O) groups excluding carboxylic acids is 2. The van der Waals surface area contributed by atoms with Crippen LogP contribution in [0.4, 0.5) is 5.69 Å². The van der Waals surface area contributed by atoms with Gasteiger partial charge in [-0.25, -0.2) is 0 Å². The molecule has 1 heterocycles. The number of nitrogens with zero attached hydrogens (tertiary/aromatic N) is 1. The van der Waals surface area contributed by atoms with Crippen molar-refractivity contribution in [2.75, 3.05) is 25.4 Å². The van der Waals surface area contributed by atoms with E-state index in [9.17, 15) is 9.59 Å². The SMILES string of the molecule is CCN(CC)C(=O)CNC(=O)c1sccc1N. The third kappa shape index (κ3) is 3.45. The van der Waals surface area contributed by atoms with Crippen LogP contribution in [0, 0.1) is 0 Å². The van der Waals surface area contributed by atoms with E-state index in [1.807, 2.05) is 13.8 Å². The number of hydrogen-bond acceptors (Lipinski definition) is 4. The Morgan fingerprint density at radius 2 is 2.06 bits per heavy atom. The average molecular weight is 255 g/mol. The predicted octanol–water partition coefficient (Wildman–Crippen LogP) is 0.928. The molecule has 1 rings (SSSR count). The van der Waals surface area contributed by atoms with Crippen LogP contribution >= 0.6 is 11.3 Å². The van der Waals surface area contributed by atoms with E-state index < -0.39 is 0 Å². The summed E-state index contributed by atoms with van der Waals surface area (Å²) in [5.41, 5.74) is 6.06. The second-order valence-electron chi connectivity index (χ2n) is 3.45. The lowest BCUT2D eigenvalue weighted by Crippen LogP contribution is -2.39. The molecule has 3 N–H and O–H groups in total. The van der Waals surface area contributed by atoms with Gasteiger partial charge in [-0.2, -0.15) is 0 Å². The van der Waals surface area contributed by atoms with E-state index in [1.54, 1.807) is 16.3 Å². The van der Waals surface area contributed by atoms with Crippen LogP contribution in [0.15, 0.2) is 11.4 Å². The molecule has 0 aliphatic rings. The third-order valence-electron chi connectivity index (χ3n) is 2.42. The first-order valence-corrected chi connectivity index (χ1v) is 6.37. The van der Waals surface area contributed by atoms with Gasteiger partial charge in [-0.1, -0.05) is 0 Å². The van der Waals surface area contributed by atoms with Gasteiger partial charge in [0.25, 0.3) is 5.91 Å². The van der Waals surface area contributed by atoms with Crippen molar-refractivity contribution in [3.63, 3.8) is 0 Å². The zero-order valence-corrected chi connectivity index (χ0v) is 10.8. The van der Waals surface area contributed by atoms with Gasteiger partial charge in [0.2, 0.25) is 5.91 Å². The summed E-state index contributed by atoms with van der Waals surface area (Å²) in [6, 6.07) is 1.67. The molecular weight excluding hydrogens is 238 g/mol. The molecule has 6 heteroatoms. The predicted molar refractivity (Wildman–Crippen MR) is 69.0 cm³/mol. The molecule has 0 atom stereocenters. The van der Waals surface area contributed by atoms with Crippen LogP contribution < -0.4 is 11.1 Å². The standard InChI is InChI=1S/C11H17N3O2S/c1-3-14(4-2)9(15)7-13-11(16)10-8(12)5-6-17-10/h5-6H,3-4,7,12H2,1-2H3,(H,13,16). The minimum atomic E-state index is -0.294. The van der Waals surface area contributed by atoms with Gasteiger partial charge in [0.05, 0.1) is 12.2 Å². The number of likely N-dealkylation sites (N-methyl/N-ethyl adjacent to an activating group) is 1. The Hall–Kier alpha value is -1.56. The van der Waals surface area contributed by atoms with Crippen LogP contribution in [-0.2, 0) is 4.79 Å².